The number of phenols is 1. The summed E-state index contributed by atoms with van der Waals surface area (Å²) in [4.78, 5) is 3.18. The second-order valence-corrected chi connectivity index (χ2v) is 3.85. The Bertz CT molecular complexity index is 445. The van der Waals surface area contributed by atoms with Crippen LogP contribution in [0.3, 0.4) is 0 Å². The highest BCUT2D eigenvalue weighted by molar-refractivity contribution is 5.84. The fourth-order valence-electron chi connectivity index (χ4n) is 1.71. The lowest BCUT2D eigenvalue weighted by atomic mass is 10.1. The van der Waals surface area contributed by atoms with E-state index in [0.717, 1.165) is 17.3 Å². The topological polar surface area (TPSA) is 63.7 Å². The molecular formula is C11H15N2O+. The van der Waals surface area contributed by atoms with Crippen LogP contribution in [-0.4, -0.2) is 16.1 Å². The summed E-state index contributed by atoms with van der Waals surface area (Å²) in [5, 5.41) is 10.5. The van der Waals surface area contributed by atoms with E-state index in [1.54, 1.807) is 12.1 Å². The van der Waals surface area contributed by atoms with E-state index in [-0.39, 0.29) is 0 Å². The molecule has 3 heteroatoms. The number of aromatic hydroxyl groups is 1. The van der Waals surface area contributed by atoms with E-state index < -0.39 is 0 Å². The third kappa shape index (κ3) is 1.59. The Morgan fingerprint density at radius 1 is 1.50 bits per heavy atom. The SMILES string of the molecule is C[C@H]([NH3+])Cc1c[nH]c2ccc(O)cc12. The van der Waals surface area contributed by atoms with Gasteiger partial charge in [0, 0.05) is 23.5 Å². The van der Waals surface area contributed by atoms with Crippen molar-refractivity contribution in [3.05, 3.63) is 30.0 Å². The molecule has 0 aliphatic rings. The van der Waals surface area contributed by atoms with Gasteiger partial charge in [0.2, 0.25) is 0 Å². The number of aromatic nitrogens is 1. The van der Waals surface area contributed by atoms with Crippen LogP contribution >= 0.6 is 0 Å². The second kappa shape index (κ2) is 3.35. The molecule has 2 rings (SSSR count). The first-order chi connectivity index (χ1) is 6.66. The molecule has 0 saturated heterocycles. The standard InChI is InChI=1S/C11H14N2O/c1-7(12)4-8-6-13-11-3-2-9(14)5-10(8)11/h2-3,5-7,13-14H,4,12H2,1H3/p+1/t7-/m0/s1. The number of hydrogen-bond acceptors (Lipinski definition) is 1. The van der Waals surface area contributed by atoms with Crippen molar-refractivity contribution in [2.24, 2.45) is 0 Å². The van der Waals surface area contributed by atoms with Crippen molar-refractivity contribution in [1.29, 1.82) is 0 Å². The molecule has 0 radical (unpaired) electrons. The molecule has 1 aromatic carbocycles. The zero-order valence-corrected chi connectivity index (χ0v) is 8.25. The largest absolute Gasteiger partial charge is 0.508 e. The summed E-state index contributed by atoms with van der Waals surface area (Å²) in [5.74, 6) is 0.315. The lowest BCUT2D eigenvalue weighted by Crippen LogP contribution is -2.60. The first-order valence-corrected chi connectivity index (χ1v) is 4.79. The van der Waals surface area contributed by atoms with E-state index in [2.05, 4.69) is 17.6 Å². The third-order valence-corrected chi connectivity index (χ3v) is 2.32. The van der Waals surface area contributed by atoms with Gasteiger partial charge in [-0.3, -0.25) is 0 Å². The molecule has 2 aromatic rings. The van der Waals surface area contributed by atoms with Gasteiger partial charge < -0.3 is 15.8 Å². The van der Waals surface area contributed by atoms with Crippen LogP contribution in [0.25, 0.3) is 10.9 Å². The highest BCUT2D eigenvalue weighted by Crippen LogP contribution is 2.23. The first-order valence-electron chi connectivity index (χ1n) is 4.79. The molecule has 1 atom stereocenters. The van der Waals surface area contributed by atoms with Crippen LogP contribution in [-0.2, 0) is 6.42 Å². The van der Waals surface area contributed by atoms with Crippen LogP contribution < -0.4 is 5.73 Å². The van der Waals surface area contributed by atoms with Gasteiger partial charge in [-0.2, -0.15) is 0 Å². The van der Waals surface area contributed by atoms with Gasteiger partial charge in [0.1, 0.15) is 5.75 Å². The summed E-state index contributed by atoms with van der Waals surface area (Å²) < 4.78 is 0. The number of H-pyrrole nitrogens is 1. The van der Waals surface area contributed by atoms with Gasteiger partial charge in [0.15, 0.2) is 0 Å². The summed E-state index contributed by atoms with van der Waals surface area (Å²) in [7, 11) is 0. The fourth-order valence-corrected chi connectivity index (χ4v) is 1.71. The molecular weight excluding hydrogens is 176 g/mol. The minimum atomic E-state index is 0.315. The Kier molecular flexibility index (Phi) is 2.17. The van der Waals surface area contributed by atoms with Crippen molar-refractivity contribution >= 4 is 10.9 Å². The fraction of sp³-hybridized carbons (Fsp3) is 0.273. The Morgan fingerprint density at radius 3 is 3.00 bits per heavy atom. The Hall–Kier alpha value is -1.48. The normalized spacial score (nSPS) is 13.3. The minimum absolute atomic E-state index is 0.315. The van der Waals surface area contributed by atoms with Gasteiger partial charge in [-0.1, -0.05) is 0 Å². The Labute approximate surface area is 82.6 Å². The van der Waals surface area contributed by atoms with Crippen LogP contribution in [0.4, 0.5) is 0 Å². The molecule has 1 heterocycles. The van der Waals surface area contributed by atoms with Crippen LogP contribution in [0.5, 0.6) is 5.75 Å². The van der Waals surface area contributed by atoms with Crippen molar-refractivity contribution in [2.75, 3.05) is 0 Å². The molecule has 3 nitrogen and oxygen atoms in total. The predicted octanol–water partition coefficient (Wildman–Crippen LogP) is 1.05. The Morgan fingerprint density at radius 2 is 2.29 bits per heavy atom. The van der Waals surface area contributed by atoms with E-state index in [0.29, 0.717) is 11.8 Å². The molecule has 0 amide bonds. The highest BCUT2D eigenvalue weighted by Gasteiger charge is 2.07. The van der Waals surface area contributed by atoms with E-state index in [1.165, 1.54) is 5.56 Å². The average molecular weight is 191 g/mol. The molecule has 1 aromatic heterocycles. The molecule has 0 unspecified atom stereocenters. The first kappa shape index (κ1) is 9.09. The number of hydrogen-bond donors (Lipinski definition) is 3. The van der Waals surface area contributed by atoms with E-state index in [9.17, 15) is 5.11 Å². The molecule has 0 spiro atoms. The zero-order valence-electron chi connectivity index (χ0n) is 8.25. The minimum Gasteiger partial charge on any atom is -0.508 e. The summed E-state index contributed by atoms with van der Waals surface area (Å²) >= 11 is 0. The van der Waals surface area contributed by atoms with E-state index in [4.69, 9.17) is 0 Å². The summed E-state index contributed by atoms with van der Waals surface area (Å²) in [6.45, 7) is 2.08. The van der Waals surface area contributed by atoms with Crippen LogP contribution in [0, 0.1) is 0 Å². The van der Waals surface area contributed by atoms with E-state index >= 15 is 0 Å². The molecule has 0 aliphatic heterocycles. The number of rotatable bonds is 2. The van der Waals surface area contributed by atoms with Crippen molar-refractivity contribution in [3.8, 4) is 5.75 Å². The van der Waals surface area contributed by atoms with Crippen molar-refractivity contribution in [3.63, 3.8) is 0 Å². The molecule has 74 valence electrons. The van der Waals surface area contributed by atoms with Crippen molar-refractivity contribution < 1.29 is 10.8 Å². The number of benzene rings is 1. The molecule has 14 heavy (non-hydrogen) atoms. The lowest BCUT2D eigenvalue weighted by molar-refractivity contribution is -0.413. The number of nitrogens with one attached hydrogen (secondary N) is 1. The van der Waals surface area contributed by atoms with Gasteiger partial charge in [0.25, 0.3) is 0 Å². The molecule has 5 N–H and O–H groups in total. The maximum absolute atomic E-state index is 9.38. The van der Waals surface area contributed by atoms with Gasteiger partial charge in [-0.15, -0.1) is 0 Å². The number of phenolic OH excluding ortho intramolecular Hbond substituents is 1. The highest BCUT2D eigenvalue weighted by atomic mass is 16.3. The number of aromatic amines is 1. The van der Waals surface area contributed by atoms with Gasteiger partial charge in [-0.05, 0) is 30.7 Å². The summed E-state index contributed by atoms with van der Waals surface area (Å²) in [5.41, 5.74) is 6.25. The van der Waals surface area contributed by atoms with Crippen LogP contribution in [0.1, 0.15) is 12.5 Å². The third-order valence-electron chi connectivity index (χ3n) is 2.32. The number of quaternary nitrogens is 1. The predicted molar refractivity (Wildman–Crippen MR) is 56.0 cm³/mol. The molecule has 0 saturated carbocycles. The van der Waals surface area contributed by atoms with Crippen LogP contribution in [0.15, 0.2) is 24.4 Å². The molecule has 0 fully saturated rings. The molecule has 0 aliphatic carbocycles. The monoisotopic (exact) mass is 191 g/mol. The number of fused-ring (bicyclic) bond motifs is 1. The average Bonchev–Trinajstić information content (AvgIpc) is 2.47. The molecule has 0 bridgehead atoms. The van der Waals surface area contributed by atoms with Crippen molar-refractivity contribution in [1.82, 2.24) is 4.98 Å². The lowest BCUT2D eigenvalue weighted by Gasteiger charge is -2.00. The summed E-state index contributed by atoms with van der Waals surface area (Å²) in [6, 6.07) is 5.76. The van der Waals surface area contributed by atoms with Gasteiger partial charge in [0.05, 0.1) is 6.04 Å². The maximum Gasteiger partial charge on any atom is 0.116 e. The van der Waals surface area contributed by atoms with Crippen LogP contribution in [0.2, 0.25) is 0 Å². The summed E-state index contributed by atoms with van der Waals surface area (Å²) in [6.07, 6.45) is 2.93. The smallest absolute Gasteiger partial charge is 0.116 e. The quantitative estimate of drug-likeness (QED) is 0.652. The maximum atomic E-state index is 9.38. The Balaban J connectivity index is 2.50. The second-order valence-electron chi connectivity index (χ2n) is 3.85. The van der Waals surface area contributed by atoms with Crippen molar-refractivity contribution in [2.45, 2.75) is 19.4 Å². The van der Waals surface area contributed by atoms with Gasteiger partial charge >= 0.3 is 0 Å². The zero-order chi connectivity index (χ0) is 10.1. The van der Waals surface area contributed by atoms with Gasteiger partial charge in [-0.25, -0.2) is 0 Å². The van der Waals surface area contributed by atoms with E-state index in [1.807, 2.05) is 12.3 Å².